The summed E-state index contributed by atoms with van der Waals surface area (Å²) in [7, 11) is 2.17. The van der Waals surface area contributed by atoms with Crippen molar-refractivity contribution < 1.29 is 9.53 Å². The number of anilines is 2. The van der Waals surface area contributed by atoms with Crippen molar-refractivity contribution in [1.29, 1.82) is 0 Å². The second kappa shape index (κ2) is 9.60. The molecule has 0 spiro atoms. The van der Waals surface area contributed by atoms with Gasteiger partial charge >= 0.3 is 0 Å². The van der Waals surface area contributed by atoms with Gasteiger partial charge < -0.3 is 24.8 Å². The number of benzene rings is 2. The minimum atomic E-state index is -0.282. The summed E-state index contributed by atoms with van der Waals surface area (Å²) in [6, 6.07) is 15.7. The second-order valence-electron chi connectivity index (χ2n) is 8.74. The zero-order valence-electron chi connectivity index (χ0n) is 19.9. The first-order valence-electron chi connectivity index (χ1n) is 11.6. The van der Waals surface area contributed by atoms with E-state index >= 15 is 0 Å². The average Bonchev–Trinajstić information content (AvgIpc) is 3.30. The fourth-order valence-electron chi connectivity index (χ4n) is 4.32. The highest BCUT2D eigenvalue weighted by Gasteiger charge is 2.17. The van der Waals surface area contributed by atoms with Crippen LogP contribution in [0.15, 0.2) is 67.5 Å². The molecule has 8 heteroatoms. The molecule has 8 nitrogen and oxygen atoms in total. The number of carbonyl (C=O) groups is 1. The van der Waals surface area contributed by atoms with Crippen molar-refractivity contribution in [2.24, 2.45) is 0 Å². The number of nitrogens with zero attached hydrogens (tertiary/aromatic N) is 4. The Morgan fingerprint density at radius 1 is 1.11 bits per heavy atom. The van der Waals surface area contributed by atoms with Crippen molar-refractivity contribution in [1.82, 2.24) is 19.9 Å². The number of aromatic nitrogens is 3. The van der Waals surface area contributed by atoms with Crippen LogP contribution < -0.4 is 15.0 Å². The zero-order valence-corrected chi connectivity index (χ0v) is 19.9. The molecule has 178 valence electrons. The molecule has 1 aliphatic heterocycles. The van der Waals surface area contributed by atoms with Crippen LogP contribution in [0.1, 0.15) is 5.56 Å². The first kappa shape index (κ1) is 22.6. The lowest BCUT2D eigenvalue weighted by Gasteiger charge is -2.35. The van der Waals surface area contributed by atoms with Crippen LogP contribution >= 0.6 is 0 Å². The summed E-state index contributed by atoms with van der Waals surface area (Å²) in [6.45, 7) is 9.87. The average molecular weight is 469 g/mol. The topological polar surface area (TPSA) is 86.4 Å². The van der Waals surface area contributed by atoms with E-state index in [1.165, 1.54) is 23.7 Å². The third kappa shape index (κ3) is 4.88. The SMILES string of the molecule is C=CC(=O)Nc1cccc(Oc2ncnc3[nH]c(-c4ccc(N5CCN(C)CC5)c(C)c4)cc23)c1. The molecule has 3 heterocycles. The number of hydrogen-bond donors (Lipinski definition) is 2. The number of nitrogens with one attached hydrogen (secondary N) is 2. The number of likely N-dealkylation sites (N-methyl/N-ethyl adjacent to an activating group) is 1. The van der Waals surface area contributed by atoms with Gasteiger partial charge in [-0.2, -0.15) is 0 Å². The van der Waals surface area contributed by atoms with Crippen LogP contribution in [-0.2, 0) is 4.79 Å². The molecule has 1 fully saturated rings. The standard InChI is InChI=1S/C27H28N6O2/c1-4-25(34)30-20-6-5-7-21(15-20)35-27-22-16-23(31-26(22)28-17-29-27)19-8-9-24(18(2)14-19)33-12-10-32(3)11-13-33/h4-9,14-17H,1,10-13H2,2-3H3,(H,30,34)(H,28,29,31). The van der Waals surface area contributed by atoms with E-state index in [2.05, 4.69) is 68.8 Å². The minimum absolute atomic E-state index is 0.282. The molecule has 1 aliphatic rings. The molecule has 0 radical (unpaired) electrons. The van der Waals surface area contributed by atoms with Crippen molar-refractivity contribution in [2.75, 3.05) is 43.4 Å². The van der Waals surface area contributed by atoms with E-state index in [-0.39, 0.29) is 5.91 Å². The molecule has 0 aliphatic carbocycles. The van der Waals surface area contributed by atoms with Crippen LogP contribution in [0, 0.1) is 6.92 Å². The second-order valence-corrected chi connectivity index (χ2v) is 8.74. The maximum absolute atomic E-state index is 11.6. The molecule has 2 aromatic carbocycles. The highest BCUT2D eigenvalue weighted by Crippen LogP contribution is 2.33. The Kier molecular flexibility index (Phi) is 6.20. The van der Waals surface area contributed by atoms with E-state index in [0.717, 1.165) is 42.8 Å². The maximum atomic E-state index is 11.6. The highest BCUT2D eigenvalue weighted by atomic mass is 16.5. The lowest BCUT2D eigenvalue weighted by molar-refractivity contribution is -0.111. The number of aromatic amines is 1. The predicted molar refractivity (Wildman–Crippen MR) is 139 cm³/mol. The first-order chi connectivity index (χ1) is 17.0. The van der Waals surface area contributed by atoms with E-state index in [9.17, 15) is 4.79 Å². The summed E-state index contributed by atoms with van der Waals surface area (Å²) in [4.78, 5) is 28.6. The molecule has 0 atom stereocenters. The number of fused-ring (bicyclic) bond motifs is 1. The summed E-state index contributed by atoms with van der Waals surface area (Å²) in [5, 5.41) is 3.52. The third-order valence-corrected chi connectivity index (χ3v) is 6.24. The molecule has 4 aromatic rings. The first-order valence-corrected chi connectivity index (χ1v) is 11.6. The smallest absolute Gasteiger partial charge is 0.247 e. The summed E-state index contributed by atoms with van der Waals surface area (Å²) >= 11 is 0. The van der Waals surface area contributed by atoms with E-state index in [0.29, 0.717) is 23.0 Å². The van der Waals surface area contributed by atoms with E-state index < -0.39 is 0 Å². The van der Waals surface area contributed by atoms with Crippen molar-refractivity contribution in [3.05, 3.63) is 73.1 Å². The Bertz CT molecular complexity index is 1390. The fraction of sp³-hybridized carbons (Fsp3) is 0.222. The Labute approximate surface area is 204 Å². The van der Waals surface area contributed by atoms with Gasteiger partial charge in [-0.05, 0) is 61.5 Å². The van der Waals surface area contributed by atoms with Crippen LogP contribution in [0.3, 0.4) is 0 Å². The van der Waals surface area contributed by atoms with Crippen LogP contribution in [-0.4, -0.2) is 59.0 Å². The van der Waals surface area contributed by atoms with Crippen LogP contribution in [0.2, 0.25) is 0 Å². The molecule has 35 heavy (non-hydrogen) atoms. The summed E-state index contributed by atoms with van der Waals surface area (Å²) in [5.74, 6) is 0.716. The summed E-state index contributed by atoms with van der Waals surface area (Å²) < 4.78 is 6.07. The monoisotopic (exact) mass is 468 g/mol. The van der Waals surface area contributed by atoms with Crippen molar-refractivity contribution >= 4 is 28.3 Å². The normalized spacial score (nSPS) is 14.2. The van der Waals surface area contributed by atoms with Gasteiger partial charge in [0.2, 0.25) is 11.8 Å². The number of hydrogen-bond acceptors (Lipinski definition) is 6. The Hall–Kier alpha value is -4.17. The van der Waals surface area contributed by atoms with Crippen LogP contribution in [0.25, 0.3) is 22.3 Å². The van der Waals surface area contributed by atoms with E-state index in [1.54, 1.807) is 18.2 Å². The Morgan fingerprint density at radius 2 is 1.94 bits per heavy atom. The van der Waals surface area contributed by atoms with Gasteiger partial charge in [0.25, 0.3) is 0 Å². The molecule has 2 aromatic heterocycles. The van der Waals surface area contributed by atoms with Gasteiger partial charge in [-0.3, -0.25) is 4.79 Å². The van der Waals surface area contributed by atoms with Gasteiger partial charge in [0.05, 0.1) is 5.39 Å². The molecule has 0 bridgehead atoms. The number of carbonyl (C=O) groups excluding carboxylic acids is 1. The lowest BCUT2D eigenvalue weighted by Crippen LogP contribution is -2.44. The number of H-pyrrole nitrogens is 1. The fourth-order valence-corrected chi connectivity index (χ4v) is 4.32. The number of rotatable bonds is 6. The number of amides is 1. The predicted octanol–water partition coefficient (Wildman–Crippen LogP) is 4.60. The van der Waals surface area contributed by atoms with Gasteiger partial charge in [0, 0.05) is 49.3 Å². The summed E-state index contributed by atoms with van der Waals surface area (Å²) in [5.41, 5.74) is 5.87. The lowest BCUT2D eigenvalue weighted by atomic mass is 10.1. The van der Waals surface area contributed by atoms with Crippen molar-refractivity contribution in [3.8, 4) is 22.9 Å². The molecule has 2 N–H and O–H groups in total. The molecule has 0 saturated carbocycles. The molecular weight excluding hydrogens is 440 g/mol. The van der Waals surface area contributed by atoms with E-state index in [1.807, 2.05) is 12.1 Å². The third-order valence-electron chi connectivity index (χ3n) is 6.24. The Morgan fingerprint density at radius 3 is 2.71 bits per heavy atom. The van der Waals surface area contributed by atoms with E-state index in [4.69, 9.17) is 4.74 Å². The van der Waals surface area contributed by atoms with Gasteiger partial charge in [0.1, 0.15) is 17.7 Å². The number of piperazine rings is 1. The molecule has 0 unspecified atom stereocenters. The molecular formula is C27H28N6O2. The highest BCUT2D eigenvalue weighted by molar-refractivity contribution is 5.99. The molecule has 1 amide bonds. The van der Waals surface area contributed by atoms with Gasteiger partial charge in [-0.15, -0.1) is 0 Å². The largest absolute Gasteiger partial charge is 0.438 e. The number of aryl methyl sites for hydroxylation is 1. The number of ether oxygens (including phenoxy) is 1. The molecule has 5 rings (SSSR count). The molecule has 1 saturated heterocycles. The van der Waals surface area contributed by atoms with Crippen LogP contribution in [0.5, 0.6) is 11.6 Å². The van der Waals surface area contributed by atoms with Crippen LogP contribution in [0.4, 0.5) is 11.4 Å². The Balaban J connectivity index is 1.40. The van der Waals surface area contributed by atoms with Gasteiger partial charge in [-0.1, -0.05) is 18.7 Å². The summed E-state index contributed by atoms with van der Waals surface area (Å²) in [6.07, 6.45) is 2.70. The minimum Gasteiger partial charge on any atom is -0.438 e. The zero-order chi connectivity index (χ0) is 24.4. The van der Waals surface area contributed by atoms with Gasteiger partial charge in [0.15, 0.2) is 0 Å². The quantitative estimate of drug-likeness (QED) is 0.402. The van der Waals surface area contributed by atoms with Crippen molar-refractivity contribution in [2.45, 2.75) is 6.92 Å². The van der Waals surface area contributed by atoms with Crippen molar-refractivity contribution in [3.63, 3.8) is 0 Å². The maximum Gasteiger partial charge on any atom is 0.247 e. The van der Waals surface area contributed by atoms with Gasteiger partial charge in [-0.25, -0.2) is 9.97 Å².